The monoisotopic (exact) mass is 288 g/mol. The van der Waals surface area contributed by atoms with E-state index in [0.29, 0.717) is 28.8 Å². The highest BCUT2D eigenvalue weighted by molar-refractivity contribution is 5.87. The summed E-state index contributed by atoms with van der Waals surface area (Å²) in [5, 5.41) is 0. The zero-order chi connectivity index (χ0) is 14.8. The normalized spacial score (nSPS) is 53.0. The lowest BCUT2D eigenvalue weighted by atomic mass is 9.45. The second kappa shape index (κ2) is 4.43. The fourth-order valence-corrected chi connectivity index (χ4v) is 6.82. The van der Waals surface area contributed by atoms with Gasteiger partial charge in [0.15, 0.2) is 0 Å². The number of hydrogen-bond donors (Lipinski definition) is 0. The molecule has 4 saturated carbocycles. The van der Waals surface area contributed by atoms with Crippen molar-refractivity contribution < 1.29 is 9.59 Å². The number of ketones is 2. The summed E-state index contributed by atoms with van der Waals surface area (Å²) in [5.41, 5.74) is 0.374. The molecule has 0 saturated heterocycles. The highest BCUT2D eigenvalue weighted by Crippen LogP contribution is 2.65. The molecule has 0 aromatic heterocycles. The van der Waals surface area contributed by atoms with Gasteiger partial charge in [-0.3, -0.25) is 9.59 Å². The number of carbonyl (C=O) groups is 2. The molecule has 2 heteroatoms. The van der Waals surface area contributed by atoms with Crippen molar-refractivity contribution in [2.75, 3.05) is 0 Å². The minimum Gasteiger partial charge on any atom is -0.300 e. The molecule has 0 bridgehead atoms. The maximum atomic E-state index is 12.4. The van der Waals surface area contributed by atoms with Gasteiger partial charge in [0.25, 0.3) is 0 Å². The van der Waals surface area contributed by atoms with E-state index in [2.05, 4.69) is 13.8 Å². The first-order valence-electron chi connectivity index (χ1n) is 9.00. The molecule has 4 aliphatic carbocycles. The summed E-state index contributed by atoms with van der Waals surface area (Å²) in [5.74, 6) is 3.82. The third-order valence-corrected chi connectivity index (χ3v) is 8.19. The third kappa shape index (κ3) is 1.77. The van der Waals surface area contributed by atoms with Crippen LogP contribution in [0.5, 0.6) is 0 Å². The Bertz CT molecular complexity index is 496. The van der Waals surface area contributed by atoms with E-state index in [0.717, 1.165) is 50.4 Å². The molecule has 4 fully saturated rings. The number of rotatable bonds is 0. The number of carbonyl (C=O) groups excluding carboxylic acids is 2. The van der Waals surface area contributed by atoms with Crippen molar-refractivity contribution in [1.29, 1.82) is 0 Å². The second-order valence-electron chi connectivity index (χ2n) is 8.82. The minimum absolute atomic E-state index is 0.00511. The Balaban J connectivity index is 1.65. The molecular formula is C19H28O2. The molecular weight excluding hydrogens is 260 g/mol. The fraction of sp³-hybridized carbons (Fsp3) is 0.895. The Labute approximate surface area is 128 Å². The molecule has 0 amide bonds. The lowest BCUT2D eigenvalue weighted by Crippen LogP contribution is -2.53. The topological polar surface area (TPSA) is 34.1 Å². The summed E-state index contributed by atoms with van der Waals surface area (Å²) in [7, 11) is 0. The van der Waals surface area contributed by atoms with Crippen LogP contribution < -0.4 is 0 Å². The summed E-state index contributed by atoms with van der Waals surface area (Å²) < 4.78 is 0. The van der Waals surface area contributed by atoms with E-state index in [-0.39, 0.29) is 5.41 Å². The first-order valence-corrected chi connectivity index (χ1v) is 9.00. The van der Waals surface area contributed by atoms with Gasteiger partial charge in [-0.15, -0.1) is 0 Å². The zero-order valence-corrected chi connectivity index (χ0v) is 13.5. The van der Waals surface area contributed by atoms with Gasteiger partial charge >= 0.3 is 0 Å². The van der Waals surface area contributed by atoms with E-state index in [1.54, 1.807) is 0 Å². The third-order valence-electron chi connectivity index (χ3n) is 8.19. The predicted molar refractivity (Wildman–Crippen MR) is 81.7 cm³/mol. The Morgan fingerprint density at radius 3 is 2.52 bits per heavy atom. The molecule has 4 rings (SSSR count). The first kappa shape index (κ1) is 14.0. The van der Waals surface area contributed by atoms with Gasteiger partial charge in [0, 0.05) is 24.7 Å². The van der Waals surface area contributed by atoms with Gasteiger partial charge in [-0.2, -0.15) is 0 Å². The number of Topliss-reactive ketones (excluding diaryl/α,β-unsaturated/α-hetero) is 2. The Morgan fingerprint density at radius 1 is 0.905 bits per heavy atom. The molecule has 0 aliphatic heterocycles. The van der Waals surface area contributed by atoms with Gasteiger partial charge in [-0.25, -0.2) is 0 Å². The fourth-order valence-electron chi connectivity index (χ4n) is 6.82. The summed E-state index contributed by atoms with van der Waals surface area (Å²) in [6.45, 7) is 4.72. The van der Waals surface area contributed by atoms with Crippen molar-refractivity contribution in [3.63, 3.8) is 0 Å². The molecule has 0 unspecified atom stereocenters. The van der Waals surface area contributed by atoms with E-state index in [4.69, 9.17) is 0 Å². The van der Waals surface area contributed by atoms with E-state index >= 15 is 0 Å². The molecule has 0 N–H and O–H groups in total. The molecule has 6 atom stereocenters. The lowest BCUT2D eigenvalue weighted by Gasteiger charge is -2.59. The van der Waals surface area contributed by atoms with Crippen LogP contribution in [-0.4, -0.2) is 11.6 Å². The van der Waals surface area contributed by atoms with Crippen LogP contribution in [-0.2, 0) is 9.59 Å². The average molecular weight is 288 g/mol. The molecule has 21 heavy (non-hydrogen) atoms. The van der Waals surface area contributed by atoms with Crippen LogP contribution >= 0.6 is 0 Å². The standard InChI is InChI=1S/C19H28O2/c1-18-9-7-13(20)11-12(18)3-4-14-15-5-6-17(21)19(15,2)10-8-16(14)18/h12,14-16H,3-11H2,1-2H3/t12-,14+,15+,16+,18+,19+/m0/s1. The Kier molecular flexibility index (Phi) is 2.94. The number of hydrogen-bond acceptors (Lipinski definition) is 2. The highest BCUT2D eigenvalue weighted by atomic mass is 16.1. The molecule has 2 nitrogen and oxygen atoms in total. The van der Waals surface area contributed by atoms with E-state index < -0.39 is 0 Å². The van der Waals surface area contributed by atoms with Crippen LogP contribution in [0.1, 0.15) is 71.6 Å². The van der Waals surface area contributed by atoms with Crippen LogP contribution in [0.2, 0.25) is 0 Å². The van der Waals surface area contributed by atoms with Crippen molar-refractivity contribution in [3.05, 3.63) is 0 Å². The van der Waals surface area contributed by atoms with Crippen LogP contribution in [0, 0.1) is 34.5 Å². The minimum atomic E-state index is -0.00511. The molecule has 0 spiro atoms. The van der Waals surface area contributed by atoms with Crippen molar-refractivity contribution >= 4 is 11.6 Å². The van der Waals surface area contributed by atoms with E-state index in [1.807, 2.05) is 0 Å². The summed E-state index contributed by atoms with van der Waals surface area (Å²) in [6.07, 6.45) is 9.53. The van der Waals surface area contributed by atoms with Crippen molar-refractivity contribution in [2.24, 2.45) is 34.5 Å². The highest BCUT2D eigenvalue weighted by Gasteiger charge is 2.60. The van der Waals surface area contributed by atoms with Crippen molar-refractivity contribution in [3.8, 4) is 0 Å². The Morgan fingerprint density at radius 2 is 1.71 bits per heavy atom. The maximum absolute atomic E-state index is 12.4. The van der Waals surface area contributed by atoms with Gasteiger partial charge in [-0.1, -0.05) is 13.8 Å². The maximum Gasteiger partial charge on any atom is 0.139 e. The van der Waals surface area contributed by atoms with Crippen molar-refractivity contribution in [1.82, 2.24) is 0 Å². The van der Waals surface area contributed by atoms with Gasteiger partial charge in [-0.05, 0) is 67.6 Å². The SMILES string of the molecule is C[C@@]12CCC(=O)C[C@@H]1CC[C@H]1[C@H]2CC[C@@]2(C)C(=O)CC[C@H]12. The summed E-state index contributed by atoms with van der Waals surface area (Å²) in [6, 6.07) is 0. The predicted octanol–water partition coefficient (Wildman–Crippen LogP) is 4.17. The van der Waals surface area contributed by atoms with Crippen LogP contribution in [0.4, 0.5) is 0 Å². The summed E-state index contributed by atoms with van der Waals surface area (Å²) in [4.78, 5) is 24.2. The zero-order valence-electron chi connectivity index (χ0n) is 13.5. The average Bonchev–Trinajstić information content (AvgIpc) is 2.76. The van der Waals surface area contributed by atoms with Gasteiger partial charge < -0.3 is 0 Å². The molecule has 0 radical (unpaired) electrons. The van der Waals surface area contributed by atoms with Crippen molar-refractivity contribution in [2.45, 2.75) is 71.6 Å². The van der Waals surface area contributed by atoms with Gasteiger partial charge in [0.05, 0.1) is 0 Å². The molecule has 116 valence electrons. The van der Waals surface area contributed by atoms with E-state index in [1.165, 1.54) is 19.3 Å². The second-order valence-corrected chi connectivity index (χ2v) is 8.82. The molecule has 4 aliphatic rings. The summed E-state index contributed by atoms with van der Waals surface area (Å²) >= 11 is 0. The molecule has 0 aromatic rings. The molecule has 0 aromatic carbocycles. The van der Waals surface area contributed by atoms with Gasteiger partial charge in [0.2, 0.25) is 0 Å². The first-order chi connectivity index (χ1) is 9.95. The van der Waals surface area contributed by atoms with Crippen LogP contribution in [0.25, 0.3) is 0 Å². The van der Waals surface area contributed by atoms with E-state index in [9.17, 15) is 9.59 Å². The van der Waals surface area contributed by atoms with Gasteiger partial charge in [0.1, 0.15) is 11.6 Å². The lowest BCUT2D eigenvalue weighted by molar-refractivity contribution is -0.144. The van der Waals surface area contributed by atoms with Crippen LogP contribution in [0.3, 0.4) is 0 Å². The quantitative estimate of drug-likeness (QED) is 0.670. The largest absolute Gasteiger partial charge is 0.300 e. The Hall–Kier alpha value is -0.660. The van der Waals surface area contributed by atoms with Crippen LogP contribution in [0.15, 0.2) is 0 Å². The number of fused-ring (bicyclic) bond motifs is 5. The smallest absolute Gasteiger partial charge is 0.139 e. The molecule has 0 heterocycles.